The van der Waals surface area contributed by atoms with Gasteiger partial charge in [-0.1, -0.05) is 42.5 Å². The summed E-state index contributed by atoms with van der Waals surface area (Å²) < 4.78 is 0. The number of hydrogen-bond donors (Lipinski definition) is 0. The fraction of sp³-hybridized carbons (Fsp3) is 0.250. The number of nitro groups is 1. The lowest BCUT2D eigenvalue weighted by atomic mass is 10.0. The summed E-state index contributed by atoms with van der Waals surface area (Å²) in [6, 6.07) is 20.5. The lowest BCUT2D eigenvalue weighted by Gasteiger charge is -2.36. The molecule has 0 spiro atoms. The van der Waals surface area contributed by atoms with Crippen molar-refractivity contribution in [2.45, 2.75) is 20.3 Å². The highest BCUT2D eigenvalue weighted by Gasteiger charge is 2.25. The molecule has 1 amide bonds. The minimum Gasteiger partial charge on any atom is -0.353 e. The molecule has 1 aliphatic heterocycles. The van der Waals surface area contributed by atoms with E-state index in [2.05, 4.69) is 9.88 Å². The first-order valence-corrected chi connectivity index (χ1v) is 12.0. The van der Waals surface area contributed by atoms with Crippen molar-refractivity contribution < 1.29 is 9.72 Å². The van der Waals surface area contributed by atoms with Crippen LogP contribution in [0.1, 0.15) is 33.0 Å². The van der Waals surface area contributed by atoms with Crippen molar-refractivity contribution >= 4 is 28.2 Å². The van der Waals surface area contributed by atoms with Gasteiger partial charge in [0.15, 0.2) is 0 Å². The average Bonchev–Trinajstić information content (AvgIpc) is 2.89. The van der Waals surface area contributed by atoms with Crippen LogP contribution in [0, 0.1) is 24.0 Å². The quantitative estimate of drug-likeness (QED) is 0.303. The Balaban J connectivity index is 1.33. The summed E-state index contributed by atoms with van der Waals surface area (Å²) in [5.74, 6) is 1.61. The summed E-state index contributed by atoms with van der Waals surface area (Å²) in [7, 11) is 0. The van der Waals surface area contributed by atoms with E-state index in [9.17, 15) is 14.9 Å². The van der Waals surface area contributed by atoms with E-state index < -0.39 is 4.92 Å². The molecule has 8 heteroatoms. The third kappa shape index (κ3) is 4.75. The predicted octanol–water partition coefficient (Wildman–Crippen LogP) is 4.71. The van der Waals surface area contributed by atoms with Crippen LogP contribution >= 0.6 is 0 Å². The third-order valence-corrected chi connectivity index (χ3v) is 6.69. The number of anilines is 1. The van der Waals surface area contributed by atoms with Gasteiger partial charge in [0.1, 0.15) is 11.6 Å². The number of hydrogen-bond acceptors (Lipinski definition) is 6. The van der Waals surface area contributed by atoms with Crippen LogP contribution in [0.3, 0.4) is 0 Å². The van der Waals surface area contributed by atoms with Gasteiger partial charge in [0, 0.05) is 61.6 Å². The van der Waals surface area contributed by atoms with Crippen molar-refractivity contribution in [2.24, 2.45) is 0 Å². The van der Waals surface area contributed by atoms with Gasteiger partial charge in [-0.15, -0.1) is 0 Å². The van der Waals surface area contributed by atoms with Crippen LogP contribution in [0.5, 0.6) is 0 Å². The molecule has 0 bridgehead atoms. The number of amides is 1. The van der Waals surface area contributed by atoms with Gasteiger partial charge < -0.3 is 9.80 Å². The summed E-state index contributed by atoms with van der Waals surface area (Å²) in [5, 5.41) is 13.2. The van der Waals surface area contributed by atoms with Crippen LogP contribution in [0.4, 0.5) is 11.5 Å². The zero-order valence-corrected chi connectivity index (χ0v) is 20.3. The Labute approximate surface area is 209 Å². The number of fused-ring (bicyclic) bond motifs is 1. The predicted molar refractivity (Wildman–Crippen MR) is 139 cm³/mol. The highest BCUT2D eigenvalue weighted by molar-refractivity contribution is 5.98. The number of piperazine rings is 1. The highest BCUT2D eigenvalue weighted by atomic mass is 16.6. The van der Waals surface area contributed by atoms with Crippen LogP contribution in [0.25, 0.3) is 10.8 Å². The molecule has 36 heavy (non-hydrogen) atoms. The van der Waals surface area contributed by atoms with Crippen molar-refractivity contribution in [3.05, 3.63) is 105 Å². The first kappa shape index (κ1) is 23.4. The minimum absolute atomic E-state index is 0.0431. The molecule has 8 nitrogen and oxygen atoms in total. The number of nitro benzene ring substituents is 1. The maximum Gasteiger partial charge on any atom is 0.269 e. The maximum absolute atomic E-state index is 13.2. The molecule has 1 aliphatic rings. The molecule has 0 radical (unpaired) electrons. The first-order chi connectivity index (χ1) is 17.4. The number of benzene rings is 3. The van der Waals surface area contributed by atoms with Crippen LogP contribution in [-0.2, 0) is 6.42 Å². The second-order valence-corrected chi connectivity index (χ2v) is 9.10. The fourth-order valence-corrected chi connectivity index (χ4v) is 4.75. The van der Waals surface area contributed by atoms with Gasteiger partial charge in [0.05, 0.1) is 4.92 Å². The van der Waals surface area contributed by atoms with Crippen molar-refractivity contribution in [1.29, 1.82) is 0 Å². The number of non-ortho nitro benzene ring substituents is 1. The standard InChI is InChI=1S/C28H27N5O3/c1-19-26(17-21-7-11-25(12-8-21)33(35)36)27(30-20(2)29-19)31-13-15-32(16-14-31)28(34)24-10-9-22-5-3-4-6-23(22)18-24/h3-12,18H,13-17H2,1-2H3. The Hall–Kier alpha value is -4.33. The molecule has 1 fully saturated rings. The van der Waals surface area contributed by atoms with E-state index in [-0.39, 0.29) is 11.6 Å². The molecule has 3 aromatic carbocycles. The number of carbonyl (C=O) groups is 1. The second-order valence-electron chi connectivity index (χ2n) is 9.10. The van der Waals surface area contributed by atoms with Crippen molar-refractivity contribution in [3.8, 4) is 0 Å². The molecule has 0 atom stereocenters. The summed E-state index contributed by atoms with van der Waals surface area (Å²) >= 11 is 0. The van der Waals surface area contributed by atoms with Crippen LogP contribution < -0.4 is 4.90 Å². The molecule has 0 saturated carbocycles. The van der Waals surface area contributed by atoms with Crippen LogP contribution in [0.2, 0.25) is 0 Å². The topological polar surface area (TPSA) is 92.5 Å². The van der Waals surface area contributed by atoms with Gasteiger partial charge in [0.2, 0.25) is 0 Å². The smallest absolute Gasteiger partial charge is 0.269 e. The van der Waals surface area contributed by atoms with E-state index in [4.69, 9.17) is 4.98 Å². The number of nitrogens with zero attached hydrogens (tertiary/aromatic N) is 5. The Morgan fingerprint density at radius 2 is 1.61 bits per heavy atom. The van der Waals surface area contributed by atoms with E-state index >= 15 is 0 Å². The Bertz CT molecular complexity index is 1440. The van der Waals surface area contributed by atoms with Crippen molar-refractivity contribution in [1.82, 2.24) is 14.9 Å². The zero-order valence-electron chi connectivity index (χ0n) is 20.3. The normalized spacial score (nSPS) is 13.7. The van der Waals surface area contributed by atoms with Gasteiger partial charge >= 0.3 is 0 Å². The Morgan fingerprint density at radius 1 is 0.917 bits per heavy atom. The van der Waals surface area contributed by atoms with E-state index in [1.165, 1.54) is 12.1 Å². The monoisotopic (exact) mass is 481 g/mol. The molecular weight excluding hydrogens is 454 g/mol. The van der Waals surface area contributed by atoms with E-state index in [1.807, 2.05) is 61.2 Å². The number of carbonyl (C=O) groups excluding carboxylic acids is 1. The molecule has 0 N–H and O–H groups in total. The third-order valence-electron chi connectivity index (χ3n) is 6.69. The van der Waals surface area contributed by atoms with E-state index in [0.29, 0.717) is 44.0 Å². The maximum atomic E-state index is 13.2. The second kappa shape index (κ2) is 9.73. The van der Waals surface area contributed by atoms with Crippen molar-refractivity contribution in [3.63, 3.8) is 0 Å². The zero-order chi connectivity index (χ0) is 25.2. The largest absolute Gasteiger partial charge is 0.353 e. The van der Waals surface area contributed by atoms with E-state index in [0.717, 1.165) is 33.4 Å². The molecule has 2 heterocycles. The molecule has 4 aromatic rings. The molecular formula is C28H27N5O3. The summed E-state index contributed by atoms with van der Waals surface area (Å²) in [5.41, 5.74) is 3.63. The van der Waals surface area contributed by atoms with E-state index in [1.54, 1.807) is 12.1 Å². The molecule has 1 aromatic heterocycles. The van der Waals surface area contributed by atoms with Gasteiger partial charge in [-0.3, -0.25) is 14.9 Å². The molecule has 0 unspecified atom stereocenters. The lowest BCUT2D eigenvalue weighted by molar-refractivity contribution is -0.384. The first-order valence-electron chi connectivity index (χ1n) is 12.0. The van der Waals surface area contributed by atoms with Crippen molar-refractivity contribution in [2.75, 3.05) is 31.1 Å². The molecule has 5 rings (SSSR count). The van der Waals surface area contributed by atoms with Gasteiger partial charge in [-0.2, -0.15) is 0 Å². The molecule has 0 aliphatic carbocycles. The number of aromatic nitrogens is 2. The summed E-state index contributed by atoms with van der Waals surface area (Å²) in [4.78, 5) is 37.3. The van der Waals surface area contributed by atoms with Gasteiger partial charge in [-0.25, -0.2) is 9.97 Å². The number of aryl methyl sites for hydroxylation is 2. The minimum atomic E-state index is -0.395. The number of rotatable bonds is 5. The Morgan fingerprint density at radius 3 is 2.31 bits per heavy atom. The highest BCUT2D eigenvalue weighted by Crippen LogP contribution is 2.26. The van der Waals surface area contributed by atoms with Crippen LogP contribution in [-0.4, -0.2) is 51.9 Å². The molecule has 182 valence electrons. The van der Waals surface area contributed by atoms with Crippen LogP contribution in [0.15, 0.2) is 66.7 Å². The summed E-state index contributed by atoms with van der Waals surface area (Å²) in [6.45, 7) is 6.39. The molecule has 1 saturated heterocycles. The van der Waals surface area contributed by atoms with Gasteiger partial charge in [0.25, 0.3) is 11.6 Å². The fourth-order valence-electron chi connectivity index (χ4n) is 4.75. The lowest BCUT2D eigenvalue weighted by Crippen LogP contribution is -2.49. The summed E-state index contributed by atoms with van der Waals surface area (Å²) in [6.07, 6.45) is 0.579. The Kier molecular flexibility index (Phi) is 6.33. The average molecular weight is 482 g/mol. The van der Waals surface area contributed by atoms with Gasteiger partial charge in [-0.05, 0) is 42.3 Å². The SMILES string of the molecule is Cc1nc(C)c(Cc2ccc([N+](=O)[O-])cc2)c(N2CCN(C(=O)c3ccc4ccccc4c3)CC2)n1.